The minimum atomic E-state index is -1.74. The number of carbonyl (C=O) groups is 1. The summed E-state index contributed by atoms with van der Waals surface area (Å²) >= 11 is 0. The van der Waals surface area contributed by atoms with E-state index in [1.54, 1.807) is 6.92 Å². The maximum Gasteiger partial charge on any atom is 0.233 e. The minimum absolute atomic E-state index is 0.0243. The molecule has 0 spiro atoms. The van der Waals surface area contributed by atoms with Gasteiger partial charge in [-0.1, -0.05) is 0 Å². The van der Waals surface area contributed by atoms with E-state index in [9.17, 15) is 13.4 Å². The fourth-order valence-corrected chi connectivity index (χ4v) is 2.48. The second-order valence-electron chi connectivity index (χ2n) is 4.10. The normalized spacial score (nSPS) is 13.8. The van der Waals surface area contributed by atoms with Crippen molar-refractivity contribution >= 4 is 22.4 Å². The summed E-state index contributed by atoms with van der Waals surface area (Å²) in [5, 5.41) is 2.61. The Hall–Kier alpha value is -1.47. The van der Waals surface area contributed by atoms with Crippen LogP contribution in [0.25, 0.3) is 0 Å². The molecule has 5 nitrogen and oxygen atoms in total. The molecule has 1 rings (SSSR count). The molecule has 0 saturated carbocycles. The van der Waals surface area contributed by atoms with E-state index in [1.165, 1.54) is 19.2 Å². The Morgan fingerprint density at radius 3 is 2.84 bits per heavy atom. The van der Waals surface area contributed by atoms with E-state index in [4.69, 9.17) is 10.5 Å². The molecule has 0 aromatic heterocycles. The first-order valence-corrected chi connectivity index (χ1v) is 6.97. The van der Waals surface area contributed by atoms with Crippen molar-refractivity contribution in [2.75, 3.05) is 25.2 Å². The molecule has 2 atom stereocenters. The number of halogens is 1. The summed E-state index contributed by atoms with van der Waals surface area (Å²) in [7, 11) is -0.219. The molecule has 0 fully saturated rings. The van der Waals surface area contributed by atoms with Gasteiger partial charge in [-0.3, -0.25) is 9.00 Å². The van der Waals surface area contributed by atoms with E-state index in [1.807, 2.05) is 0 Å². The number of nitrogens with one attached hydrogen (secondary N) is 1. The molecular formula is C12H17FN2O3S. The van der Waals surface area contributed by atoms with Crippen molar-refractivity contribution in [2.45, 2.75) is 17.9 Å². The SMILES string of the molecule is COCC(C)NC(=O)CS(=O)c1ccc(N)cc1F. The molecule has 1 amide bonds. The average Bonchev–Trinajstić information content (AvgIpc) is 2.28. The molecule has 0 heterocycles. The number of carbonyl (C=O) groups excluding carboxylic acids is 1. The highest BCUT2D eigenvalue weighted by atomic mass is 32.2. The van der Waals surface area contributed by atoms with Crippen LogP contribution in [0.4, 0.5) is 10.1 Å². The number of hydrogen-bond acceptors (Lipinski definition) is 4. The highest BCUT2D eigenvalue weighted by Crippen LogP contribution is 2.15. The van der Waals surface area contributed by atoms with Crippen LogP contribution in [0.15, 0.2) is 23.1 Å². The van der Waals surface area contributed by atoms with Crippen LogP contribution in [0.2, 0.25) is 0 Å². The third-order valence-corrected chi connectivity index (χ3v) is 3.63. The van der Waals surface area contributed by atoms with Crippen molar-refractivity contribution in [1.82, 2.24) is 5.32 Å². The predicted molar refractivity (Wildman–Crippen MR) is 71.6 cm³/mol. The number of benzene rings is 1. The van der Waals surface area contributed by atoms with Crippen LogP contribution in [0.1, 0.15) is 6.92 Å². The molecular weight excluding hydrogens is 271 g/mol. The molecule has 0 aliphatic rings. The quantitative estimate of drug-likeness (QED) is 0.754. The van der Waals surface area contributed by atoms with Crippen LogP contribution in [-0.2, 0) is 20.3 Å². The van der Waals surface area contributed by atoms with Crippen molar-refractivity contribution in [2.24, 2.45) is 0 Å². The lowest BCUT2D eigenvalue weighted by atomic mass is 10.3. The van der Waals surface area contributed by atoms with Gasteiger partial charge in [0.25, 0.3) is 0 Å². The summed E-state index contributed by atoms with van der Waals surface area (Å²) in [6.45, 7) is 2.11. The maximum atomic E-state index is 13.5. The minimum Gasteiger partial charge on any atom is -0.399 e. The second kappa shape index (κ2) is 7.20. The molecule has 0 radical (unpaired) electrons. The third kappa shape index (κ3) is 4.96. The lowest BCUT2D eigenvalue weighted by Gasteiger charge is -2.12. The third-order valence-electron chi connectivity index (χ3n) is 2.29. The molecule has 0 bridgehead atoms. The number of rotatable bonds is 6. The summed E-state index contributed by atoms with van der Waals surface area (Å²) in [5.41, 5.74) is 5.64. The first-order chi connectivity index (χ1) is 8.93. The Morgan fingerprint density at radius 1 is 1.58 bits per heavy atom. The predicted octanol–water partition coefficient (Wildman–Crippen LogP) is 0.667. The van der Waals surface area contributed by atoms with Crippen LogP contribution in [0.5, 0.6) is 0 Å². The summed E-state index contributed by atoms with van der Waals surface area (Å²) in [6, 6.07) is 3.67. The zero-order valence-corrected chi connectivity index (χ0v) is 11.6. The van der Waals surface area contributed by atoms with Crippen LogP contribution in [-0.4, -0.2) is 35.6 Å². The standard InChI is InChI=1S/C12H17FN2O3S/c1-8(6-18-2)15-12(16)7-19(17)11-4-3-9(14)5-10(11)13/h3-5,8H,6-7,14H2,1-2H3,(H,15,16). The topological polar surface area (TPSA) is 81.4 Å². The molecule has 1 aromatic rings. The molecule has 0 aliphatic carbocycles. The highest BCUT2D eigenvalue weighted by molar-refractivity contribution is 7.85. The van der Waals surface area contributed by atoms with Crippen molar-refractivity contribution in [3.8, 4) is 0 Å². The van der Waals surface area contributed by atoms with Crippen molar-refractivity contribution in [1.29, 1.82) is 0 Å². The molecule has 106 valence electrons. The van der Waals surface area contributed by atoms with Gasteiger partial charge in [-0.15, -0.1) is 0 Å². The fourth-order valence-electron chi connectivity index (χ4n) is 1.51. The van der Waals surface area contributed by atoms with Crippen LogP contribution < -0.4 is 11.1 Å². The highest BCUT2D eigenvalue weighted by Gasteiger charge is 2.15. The molecule has 1 aromatic carbocycles. The first-order valence-electron chi connectivity index (χ1n) is 5.65. The van der Waals surface area contributed by atoms with Gasteiger partial charge in [-0.2, -0.15) is 0 Å². The van der Waals surface area contributed by atoms with E-state index >= 15 is 0 Å². The van der Waals surface area contributed by atoms with Crippen molar-refractivity contribution in [3.63, 3.8) is 0 Å². The van der Waals surface area contributed by atoms with Gasteiger partial charge in [-0.25, -0.2) is 4.39 Å². The lowest BCUT2D eigenvalue weighted by Crippen LogP contribution is -2.38. The zero-order chi connectivity index (χ0) is 14.4. The Balaban J connectivity index is 2.62. The number of amides is 1. The fraction of sp³-hybridized carbons (Fsp3) is 0.417. The van der Waals surface area contributed by atoms with Gasteiger partial charge in [0.05, 0.1) is 22.3 Å². The summed E-state index contributed by atoms with van der Waals surface area (Å²) < 4.78 is 30.2. The number of hydrogen-bond donors (Lipinski definition) is 2. The van der Waals surface area contributed by atoms with Crippen molar-refractivity contribution in [3.05, 3.63) is 24.0 Å². The van der Waals surface area contributed by atoms with Crippen LogP contribution in [0.3, 0.4) is 0 Å². The number of ether oxygens (including phenoxy) is 1. The Labute approximate surface area is 113 Å². The maximum absolute atomic E-state index is 13.5. The summed E-state index contributed by atoms with van der Waals surface area (Å²) in [4.78, 5) is 11.6. The number of anilines is 1. The summed E-state index contributed by atoms with van der Waals surface area (Å²) in [6.07, 6.45) is 0. The van der Waals surface area contributed by atoms with E-state index in [0.717, 1.165) is 6.07 Å². The number of nitrogens with two attached hydrogens (primary N) is 1. The average molecular weight is 288 g/mol. The molecule has 3 N–H and O–H groups in total. The molecule has 2 unspecified atom stereocenters. The van der Waals surface area contributed by atoms with Gasteiger partial charge in [-0.05, 0) is 25.1 Å². The molecule has 19 heavy (non-hydrogen) atoms. The zero-order valence-electron chi connectivity index (χ0n) is 10.8. The molecule has 0 saturated heterocycles. The second-order valence-corrected chi connectivity index (χ2v) is 5.52. The van der Waals surface area contributed by atoms with Crippen LogP contribution in [0, 0.1) is 5.82 Å². The van der Waals surface area contributed by atoms with E-state index in [-0.39, 0.29) is 22.4 Å². The van der Waals surface area contributed by atoms with E-state index < -0.39 is 22.5 Å². The van der Waals surface area contributed by atoms with Crippen molar-refractivity contribution < 1.29 is 18.1 Å². The smallest absolute Gasteiger partial charge is 0.233 e. The first kappa shape index (κ1) is 15.6. The number of methoxy groups -OCH3 is 1. The van der Waals surface area contributed by atoms with Gasteiger partial charge in [0.2, 0.25) is 5.91 Å². The number of nitrogen functional groups attached to an aromatic ring is 1. The van der Waals surface area contributed by atoms with Gasteiger partial charge < -0.3 is 15.8 Å². The Bertz CT molecular complexity index is 482. The van der Waals surface area contributed by atoms with E-state index in [2.05, 4.69) is 5.32 Å². The lowest BCUT2D eigenvalue weighted by molar-refractivity contribution is -0.119. The van der Waals surface area contributed by atoms with Gasteiger partial charge in [0, 0.05) is 18.8 Å². The largest absolute Gasteiger partial charge is 0.399 e. The molecule has 0 aliphatic heterocycles. The Morgan fingerprint density at radius 2 is 2.26 bits per heavy atom. The Kier molecular flexibility index (Phi) is 5.91. The summed E-state index contributed by atoms with van der Waals surface area (Å²) in [5.74, 6) is -1.38. The van der Waals surface area contributed by atoms with Gasteiger partial charge in [0.1, 0.15) is 11.6 Å². The monoisotopic (exact) mass is 288 g/mol. The van der Waals surface area contributed by atoms with Gasteiger partial charge >= 0.3 is 0 Å². The van der Waals surface area contributed by atoms with Crippen LogP contribution >= 0.6 is 0 Å². The van der Waals surface area contributed by atoms with Gasteiger partial charge in [0.15, 0.2) is 0 Å². The van der Waals surface area contributed by atoms with E-state index in [0.29, 0.717) is 6.61 Å². The molecule has 7 heteroatoms.